The third-order valence-electron chi connectivity index (χ3n) is 4.50. The molecule has 0 saturated carbocycles. The quantitative estimate of drug-likeness (QED) is 0.801. The largest absolute Gasteiger partial charge is 0.375 e. The first-order valence-corrected chi connectivity index (χ1v) is 7.37. The van der Waals surface area contributed by atoms with Crippen LogP contribution in [0.4, 0.5) is 0 Å². The van der Waals surface area contributed by atoms with Crippen LogP contribution in [-0.2, 0) is 9.53 Å². The predicted molar refractivity (Wildman–Crippen MR) is 71.5 cm³/mol. The molecule has 104 valence electrons. The molecule has 0 spiro atoms. The van der Waals surface area contributed by atoms with Gasteiger partial charge in [0.1, 0.15) is 0 Å². The van der Waals surface area contributed by atoms with Crippen LogP contribution >= 0.6 is 0 Å². The highest BCUT2D eigenvalue weighted by molar-refractivity contribution is 5.82. The Hall–Kier alpha value is -0.610. The van der Waals surface area contributed by atoms with Gasteiger partial charge in [0.2, 0.25) is 5.91 Å². The van der Waals surface area contributed by atoms with Crippen molar-refractivity contribution >= 4 is 5.91 Å². The molecule has 0 radical (unpaired) electrons. The van der Waals surface area contributed by atoms with E-state index in [0.29, 0.717) is 0 Å². The van der Waals surface area contributed by atoms with Crippen LogP contribution in [0.2, 0.25) is 0 Å². The zero-order chi connectivity index (χ0) is 13.0. The van der Waals surface area contributed by atoms with Crippen molar-refractivity contribution in [1.29, 1.82) is 0 Å². The van der Waals surface area contributed by atoms with Crippen molar-refractivity contribution in [3.63, 3.8) is 0 Å². The lowest BCUT2D eigenvalue weighted by atomic mass is 9.86. The average molecular weight is 254 g/mol. The summed E-state index contributed by atoms with van der Waals surface area (Å²) in [5.74, 6) is 0.181. The van der Waals surface area contributed by atoms with Gasteiger partial charge in [-0.15, -0.1) is 0 Å². The Balaban J connectivity index is 1.87. The van der Waals surface area contributed by atoms with Crippen LogP contribution < -0.4 is 10.6 Å². The summed E-state index contributed by atoms with van der Waals surface area (Å²) in [5, 5.41) is 6.45. The van der Waals surface area contributed by atoms with Crippen LogP contribution in [-0.4, -0.2) is 36.7 Å². The lowest BCUT2D eigenvalue weighted by Crippen LogP contribution is -2.51. The molecule has 18 heavy (non-hydrogen) atoms. The van der Waals surface area contributed by atoms with Crippen molar-refractivity contribution in [3.8, 4) is 0 Å². The van der Waals surface area contributed by atoms with Crippen molar-refractivity contribution in [1.82, 2.24) is 10.6 Å². The molecule has 1 amide bonds. The molecule has 2 fully saturated rings. The zero-order valence-corrected chi connectivity index (χ0v) is 11.6. The van der Waals surface area contributed by atoms with Gasteiger partial charge in [-0.1, -0.05) is 13.8 Å². The maximum absolute atomic E-state index is 12.1. The summed E-state index contributed by atoms with van der Waals surface area (Å²) in [4.78, 5) is 12.1. The predicted octanol–water partition coefficient (Wildman–Crippen LogP) is 1.59. The van der Waals surface area contributed by atoms with Crippen LogP contribution in [0.5, 0.6) is 0 Å². The minimum absolute atomic E-state index is 0.0146. The summed E-state index contributed by atoms with van der Waals surface area (Å²) >= 11 is 0. The standard InChI is InChI=1S/C14H26N2O2/c1-3-14(4-2)10-11(7-9-18-14)16-13(17)12-6-5-8-15-12/h11-12,15H,3-10H2,1-2H3,(H,16,17)/t11?,12-/m0/s1. The van der Waals surface area contributed by atoms with Gasteiger partial charge in [-0.25, -0.2) is 0 Å². The first kappa shape index (κ1) is 13.8. The lowest BCUT2D eigenvalue weighted by Gasteiger charge is -2.40. The van der Waals surface area contributed by atoms with Crippen LogP contribution in [0.25, 0.3) is 0 Å². The van der Waals surface area contributed by atoms with E-state index in [-0.39, 0.29) is 23.6 Å². The Morgan fingerprint density at radius 1 is 1.39 bits per heavy atom. The van der Waals surface area contributed by atoms with Gasteiger partial charge in [-0.2, -0.15) is 0 Å². The number of hydrogen-bond donors (Lipinski definition) is 2. The molecule has 2 heterocycles. The van der Waals surface area contributed by atoms with Crippen molar-refractivity contribution in [2.24, 2.45) is 0 Å². The van der Waals surface area contributed by atoms with E-state index >= 15 is 0 Å². The highest BCUT2D eigenvalue weighted by Gasteiger charge is 2.35. The monoisotopic (exact) mass is 254 g/mol. The van der Waals surface area contributed by atoms with E-state index in [0.717, 1.165) is 51.7 Å². The summed E-state index contributed by atoms with van der Waals surface area (Å²) < 4.78 is 5.93. The molecule has 2 saturated heterocycles. The third kappa shape index (κ3) is 3.04. The molecule has 2 aliphatic rings. The topological polar surface area (TPSA) is 50.4 Å². The van der Waals surface area contributed by atoms with E-state index in [1.54, 1.807) is 0 Å². The number of amides is 1. The third-order valence-corrected chi connectivity index (χ3v) is 4.50. The minimum atomic E-state index is -0.0146. The highest BCUT2D eigenvalue weighted by Crippen LogP contribution is 2.31. The molecule has 0 aromatic heterocycles. The molecule has 2 aliphatic heterocycles. The van der Waals surface area contributed by atoms with Crippen molar-refractivity contribution in [2.45, 2.75) is 70.1 Å². The van der Waals surface area contributed by atoms with Gasteiger partial charge in [0.25, 0.3) is 0 Å². The lowest BCUT2D eigenvalue weighted by molar-refractivity contribution is -0.127. The molecule has 4 nitrogen and oxygen atoms in total. The molecule has 0 bridgehead atoms. The number of ether oxygens (including phenoxy) is 1. The number of rotatable bonds is 4. The minimum Gasteiger partial charge on any atom is -0.375 e. The highest BCUT2D eigenvalue weighted by atomic mass is 16.5. The molecule has 2 N–H and O–H groups in total. The second-order valence-electron chi connectivity index (χ2n) is 5.59. The van der Waals surface area contributed by atoms with Gasteiger partial charge in [-0.3, -0.25) is 4.79 Å². The van der Waals surface area contributed by atoms with Gasteiger partial charge >= 0.3 is 0 Å². The summed E-state index contributed by atoms with van der Waals surface area (Å²) in [6.07, 6.45) is 6.04. The summed E-state index contributed by atoms with van der Waals surface area (Å²) in [7, 11) is 0. The number of nitrogens with one attached hydrogen (secondary N) is 2. The van der Waals surface area contributed by atoms with Gasteiger partial charge in [0.15, 0.2) is 0 Å². The van der Waals surface area contributed by atoms with Gasteiger partial charge in [0.05, 0.1) is 11.6 Å². The maximum Gasteiger partial charge on any atom is 0.237 e. The Morgan fingerprint density at radius 2 is 2.17 bits per heavy atom. The first-order valence-electron chi connectivity index (χ1n) is 7.37. The number of carbonyl (C=O) groups excluding carboxylic acids is 1. The average Bonchev–Trinajstić information content (AvgIpc) is 2.93. The maximum atomic E-state index is 12.1. The molecule has 2 atom stereocenters. The smallest absolute Gasteiger partial charge is 0.237 e. The SMILES string of the molecule is CCC1(CC)CC(NC(=O)[C@@H]2CCCN2)CCO1. The fourth-order valence-corrected chi connectivity index (χ4v) is 3.10. The zero-order valence-electron chi connectivity index (χ0n) is 11.6. The molecule has 0 aromatic carbocycles. The Kier molecular flexibility index (Phi) is 4.62. The van der Waals surface area contributed by atoms with Crippen LogP contribution in [0.3, 0.4) is 0 Å². The van der Waals surface area contributed by atoms with Crippen LogP contribution in [0.1, 0.15) is 52.4 Å². The normalized spacial score (nSPS) is 31.2. The molecule has 2 rings (SSSR count). The Bertz CT molecular complexity index is 284. The van der Waals surface area contributed by atoms with Gasteiger partial charge in [-0.05, 0) is 45.1 Å². The van der Waals surface area contributed by atoms with Gasteiger partial charge < -0.3 is 15.4 Å². The fourth-order valence-electron chi connectivity index (χ4n) is 3.10. The molecule has 0 aromatic rings. The van der Waals surface area contributed by atoms with E-state index in [1.165, 1.54) is 0 Å². The molecule has 0 aliphatic carbocycles. The Morgan fingerprint density at radius 3 is 2.78 bits per heavy atom. The number of carbonyl (C=O) groups is 1. The first-order chi connectivity index (χ1) is 8.69. The van der Waals surface area contributed by atoms with Crippen LogP contribution in [0.15, 0.2) is 0 Å². The van der Waals surface area contributed by atoms with E-state index in [9.17, 15) is 4.79 Å². The molecular weight excluding hydrogens is 228 g/mol. The molecule has 1 unspecified atom stereocenters. The summed E-state index contributed by atoms with van der Waals surface area (Å²) in [5.41, 5.74) is -0.0146. The second-order valence-corrected chi connectivity index (χ2v) is 5.59. The number of hydrogen-bond acceptors (Lipinski definition) is 3. The van der Waals surface area contributed by atoms with Crippen molar-refractivity contribution < 1.29 is 9.53 Å². The van der Waals surface area contributed by atoms with E-state index in [4.69, 9.17) is 4.74 Å². The molecular formula is C14H26N2O2. The van der Waals surface area contributed by atoms with Crippen molar-refractivity contribution in [3.05, 3.63) is 0 Å². The van der Waals surface area contributed by atoms with E-state index < -0.39 is 0 Å². The van der Waals surface area contributed by atoms with E-state index in [1.807, 2.05) is 0 Å². The second kappa shape index (κ2) is 6.02. The molecule has 4 heteroatoms. The van der Waals surface area contributed by atoms with Crippen molar-refractivity contribution in [2.75, 3.05) is 13.2 Å². The van der Waals surface area contributed by atoms with Crippen LogP contribution in [0, 0.1) is 0 Å². The summed E-state index contributed by atoms with van der Waals surface area (Å²) in [6.45, 7) is 6.09. The van der Waals surface area contributed by atoms with E-state index in [2.05, 4.69) is 24.5 Å². The van der Waals surface area contributed by atoms with Gasteiger partial charge in [0, 0.05) is 12.6 Å². The Labute approximate surface area is 110 Å². The fraction of sp³-hybridized carbons (Fsp3) is 0.929. The summed E-state index contributed by atoms with van der Waals surface area (Å²) in [6, 6.07) is 0.319.